The molecule has 82 valence electrons. The summed E-state index contributed by atoms with van der Waals surface area (Å²) in [5.74, 6) is 0.0211. The number of hydrogen-bond acceptors (Lipinski definition) is 3. The van der Waals surface area contributed by atoms with E-state index in [1.807, 2.05) is 25.1 Å². The Morgan fingerprint density at radius 1 is 1.60 bits per heavy atom. The van der Waals surface area contributed by atoms with Crippen LogP contribution in [0.2, 0.25) is 0 Å². The standard InChI is InChI=1S/C11H16N2OS/c1-2-14-8-6-9(11(12)15)10-5-3-4-7-13-10/h3-5,7,9H,2,6,8H2,1H3,(H2,12,15). The molecule has 0 saturated heterocycles. The molecule has 1 atom stereocenters. The van der Waals surface area contributed by atoms with Crippen LogP contribution in [0.1, 0.15) is 25.0 Å². The average molecular weight is 224 g/mol. The molecule has 15 heavy (non-hydrogen) atoms. The lowest BCUT2D eigenvalue weighted by Crippen LogP contribution is -2.21. The highest BCUT2D eigenvalue weighted by Crippen LogP contribution is 2.17. The number of nitrogens with two attached hydrogens (primary N) is 1. The Morgan fingerprint density at radius 2 is 2.40 bits per heavy atom. The molecule has 0 aliphatic heterocycles. The predicted molar refractivity (Wildman–Crippen MR) is 64.9 cm³/mol. The van der Waals surface area contributed by atoms with E-state index in [0.29, 0.717) is 18.2 Å². The zero-order valence-electron chi connectivity index (χ0n) is 8.85. The minimum Gasteiger partial charge on any atom is -0.393 e. The van der Waals surface area contributed by atoms with Crippen molar-refractivity contribution in [3.8, 4) is 0 Å². The van der Waals surface area contributed by atoms with Gasteiger partial charge >= 0.3 is 0 Å². The lowest BCUT2D eigenvalue weighted by Gasteiger charge is -2.14. The van der Waals surface area contributed by atoms with E-state index in [9.17, 15) is 0 Å². The lowest BCUT2D eigenvalue weighted by atomic mass is 10.0. The van der Waals surface area contributed by atoms with Crippen LogP contribution in [0.5, 0.6) is 0 Å². The summed E-state index contributed by atoms with van der Waals surface area (Å²) in [6, 6.07) is 5.76. The first-order chi connectivity index (χ1) is 7.25. The van der Waals surface area contributed by atoms with Crippen molar-refractivity contribution in [2.45, 2.75) is 19.3 Å². The van der Waals surface area contributed by atoms with Crippen molar-refractivity contribution in [1.82, 2.24) is 4.98 Å². The van der Waals surface area contributed by atoms with Gasteiger partial charge in [-0.15, -0.1) is 0 Å². The maximum absolute atomic E-state index is 5.69. The van der Waals surface area contributed by atoms with Crippen molar-refractivity contribution >= 4 is 17.2 Å². The first-order valence-electron chi connectivity index (χ1n) is 5.03. The minimum absolute atomic E-state index is 0.0211. The third-order valence-electron chi connectivity index (χ3n) is 2.14. The molecule has 0 aromatic carbocycles. The number of nitrogens with zero attached hydrogens (tertiary/aromatic N) is 1. The molecule has 1 unspecified atom stereocenters. The second kappa shape index (κ2) is 6.48. The van der Waals surface area contributed by atoms with E-state index in [4.69, 9.17) is 22.7 Å². The average Bonchev–Trinajstić information content (AvgIpc) is 2.25. The molecule has 1 rings (SSSR count). The molecule has 3 nitrogen and oxygen atoms in total. The van der Waals surface area contributed by atoms with E-state index in [2.05, 4.69) is 4.98 Å². The molecule has 0 bridgehead atoms. The fraction of sp³-hybridized carbons (Fsp3) is 0.455. The zero-order chi connectivity index (χ0) is 11.1. The van der Waals surface area contributed by atoms with E-state index in [0.717, 1.165) is 12.1 Å². The number of hydrogen-bond donors (Lipinski definition) is 1. The van der Waals surface area contributed by atoms with Crippen molar-refractivity contribution in [2.24, 2.45) is 5.73 Å². The number of pyridine rings is 1. The summed E-state index contributed by atoms with van der Waals surface area (Å²) in [5.41, 5.74) is 6.61. The number of ether oxygens (including phenoxy) is 1. The number of aromatic nitrogens is 1. The highest BCUT2D eigenvalue weighted by atomic mass is 32.1. The summed E-state index contributed by atoms with van der Waals surface area (Å²) in [6.45, 7) is 3.35. The van der Waals surface area contributed by atoms with Crippen LogP contribution < -0.4 is 5.73 Å². The van der Waals surface area contributed by atoms with E-state index in [1.54, 1.807) is 6.20 Å². The zero-order valence-corrected chi connectivity index (χ0v) is 9.67. The summed E-state index contributed by atoms with van der Waals surface area (Å²) in [4.78, 5) is 4.74. The van der Waals surface area contributed by atoms with Crippen LogP contribution >= 0.6 is 12.2 Å². The van der Waals surface area contributed by atoms with Crippen LogP contribution in [-0.2, 0) is 4.74 Å². The van der Waals surface area contributed by atoms with Crippen molar-refractivity contribution in [3.63, 3.8) is 0 Å². The van der Waals surface area contributed by atoms with Crippen molar-refractivity contribution in [2.75, 3.05) is 13.2 Å². The Morgan fingerprint density at radius 3 is 2.93 bits per heavy atom. The molecule has 1 aromatic rings. The topological polar surface area (TPSA) is 48.1 Å². The summed E-state index contributed by atoms with van der Waals surface area (Å²) in [7, 11) is 0. The van der Waals surface area contributed by atoms with Gasteiger partial charge in [-0.2, -0.15) is 0 Å². The molecule has 1 heterocycles. The predicted octanol–water partition coefficient (Wildman–Crippen LogP) is 1.88. The van der Waals surface area contributed by atoms with Crippen molar-refractivity contribution < 1.29 is 4.74 Å². The van der Waals surface area contributed by atoms with Gasteiger partial charge in [0, 0.05) is 19.4 Å². The van der Waals surface area contributed by atoms with Gasteiger partial charge in [-0.1, -0.05) is 18.3 Å². The molecule has 0 amide bonds. The third kappa shape index (κ3) is 3.93. The first-order valence-corrected chi connectivity index (χ1v) is 5.44. The van der Waals surface area contributed by atoms with Gasteiger partial charge in [0.05, 0.1) is 16.6 Å². The second-order valence-electron chi connectivity index (χ2n) is 3.20. The molecule has 0 saturated carbocycles. The van der Waals surface area contributed by atoms with Crippen LogP contribution in [0.4, 0.5) is 0 Å². The van der Waals surface area contributed by atoms with Gasteiger partial charge in [0.2, 0.25) is 0 Å². The maximum atomic E-state index is 5.69. The SMILES string of the molecule is CCOCCC(C(N)=S)c1ccccn1. The molecule has 0 fully saturated rings. The van der Waals surface area contributed by atoms with Gasteiger partial charge in [-0.25, -0.2) is 0 Å². The van der Waals surface area contributed by atoms with E-state index >= 15 is 0 Å². The Kier molecular flexibility index (Phi) is 5.21. The molecule has 0 aliphatic rings. The molecule has 0 spiro atoms. The molecular weight excluding hydrogens is 208 g/mol. The Balaban J connectivity index is 2.62. The molecule has 0 radical (unpaired) electrons. The first kappa shape index (κ1) is 12.1. The summed E-state index contributed by atoms with van der Waals surface area (Å²) < 4.78 is 5.29. The lowest BCUT2D eigenvalue weighted by molar-refractivity contribution is 0.143. The Labute approximate surface area is 95.7 Å². The summed E-state index contributed by atoms with van der Waals surface area (Å²) >= 11 is 5.03. The van der Waals surface area contributed by atoms with E-state index < -0.39 is 0 Å². The largest absolute Gasteiger partial charge is 0.393 e. The summed E-state index contributed by atoms with van der Waals surface area (Å²) in [5, 5.41) is 0. The number of thiocarbonyl (C=S) groups is 1. The van der Waals surface area contributed by atoms with Crippen LogP contribution in [0.25, 0.3) is 0 Å². The molecule has 0 aliphatic carbocycles. The van der Waals surface area contributed by atoms with Crippen LogP contribution in [0, 0.1) is 0 Å². The van der Waals surface area contributed by atoms with Gasteiger partial charge in [-0.3, -0.25) is 4.98 Å². The van der Waals surface area contributed by atoms with Gasteiger partial charge in [0.15, 0.2) is 0 Å². The van der Waals surface area contributed by atoms with Gasteiger partial charge in [0.25, 0.3) is 0 Å². The summed E-state index contributed by atoms with van der Waals surface area (Å²) in [6.07, 6.45) is 2.54. The van der Waals surface area contributed by atoms with Crippen molar-refractivity contribution in [3.05, 3.63) is 30.1 Å². The van der Waals surface area contributed by atoms with Crippen molar-refractivity contribution in [1.29, 1.82) is 0 Å². The molecule has 2 N–H and O–H groups in total. The van der Waals surface area contributed by atoms with Gasteiger partial charge < -0.3 is 10.5 Å². The van der Waals surface area contributed by atoms with E-state index in [1.165, 1.54) is 0 Å². The second-order valence-corrected chi connectivity index (χ2v) is 3.67. The molecule has 4 heteroatoms. The van der Waals surface area contributed by atoms with Gasteiger partial charge in [0.1, 0.15) is 0 Å². The fourth-order valence-corrected chi connectivity index (χ4v) is 1.60. The highest BCUT2D eigenvalue weighted by Gasteiger charge is 2.15. The normalized spacial score (nSPS) is 12.3. The van der Waals surface area contributed by atoms with E-state index in [-0.39, 0.29) is 5.92 Å². The van der Waals surface area contributed by atoms with Crippen LogP contribution in [0.15, 0.2) is 24.4 Å². The fourth-order valence-electron chi connectivity index (χ4n) is 1.36. The third-order valence-corrected chi connectivity index (χ3v) is 2.43. The van der Waals surface area contributed by atoms with Gasteiger partial charge in [-0.05, 0) is 25.5 Å². The molecule has 1 aromatic heterocycles. The monoisotopic (exact) mass is 224 g/mol. The smallest absolute Gasteiger partial charge is 0.0820 e. The quantitative estimate of drug-likeness (QED) is 0.592. The number of rotatable bonds is 6. The van der Waals surface area contributed by atoms with Crippen LogP contribution in [-0.4, -0.2) is 23.2 Å². The van der Waals surface area contributed by atoms with Crippen LogP contribution in [0.3, 0.4) is 0 Å². The molecular formula is C11H16N2OS. The highest BCUT2D eigenvalue weighted by molar-refractivity contribution is 7.80. The minimum atomic E-state index is 0.0211. The Bertz CT molecular complexity index is 303. The maximum Gasteiger partial charge on any atom is 0.0820 e. The Hall–Kier alpha value is -1.00.